The molecule has 1 aromatic rings. The molecule has 1 heteroatoms. The lowest BCUT2D eigenvalue weighted by molar-refractivity contribution is 0.475. The highest BCUT2D eigenvalue weighted by Gasteiger charge is 1.74. The smallest absolute Gasteiger partial charge is 0.293 e. The monoisotopic (exact) mass is 100 g/mol. The molecule has 1 rings (SSSR count). The summed E-state index contributed by atoms with van der Waals surface area (Å²) in [5.41, 5.74) is 0. The molecule has 1 nitrogen and oxygen atoms in total. The van der Waals surface area contributed by atoms with Gasteiger partial charge < -0.3 is 5.11 Å². The van der Waals surface area contributed by atoms with E-state index < -0.39 is 36.0 Å². The number of rotatable bonds is 1. The van der Waals surface area contributed by atoms with Crippen molar-refractivity contribution in [3.05, 3.63) is 30.2 Å². The van der Waals surface area contributed by atoms with Crippen LogP contribution >= 0.6 is 0 Å². The van der Waals surface area contributed by atoms with Gasteiger partial charge in [0.15, 0.2) is 0 Å². The Morgan fingerprint density at radius 2 is 2.14 bits per heavy atom. The average molecular weight is 100 g/mol. The second kappa shape index (κ2) is 1.65. The summed E-state index contributed by atoms with van der Waals surface area (Å²) >= 11 is 0. The molecular formula is C6H6O. The maximum Gasteiger partial charge on any atom is 0.293 e. The van der Waals surface area contributed by atoms with Crippen molar-refractivity contribution in [2.75, 3.05) is 0 Å². The number of aromatic hydroxyl groups is 1. The SMILES string of the molecule is [2H]Oc1c([2H])c([2H])c([2H])c([2H])c1[2H]. The molecule has 0 spiro atoms. The Hall–Kier alpha value is -0.980. The molecule has 0 aliphatic heterocycles. The quantitative estimate of drug-likeness (QED) is 0.565. The van der Waals surface area contributed by atoms with E-state index in [1.165, 1.54) is 0 Å². The van der Waals surface area contributed by atoms with Crippen molar-refractivity contribution in [2.45, 2.75) is 0 Å². The standard InChI is InChI=1S/C6H6O/c7-6-4-2-1-3-5-6/h1-5,7H/i1D,2D,3D,4D,5D/hD. The van der Waals surface area contributed by atoms with Crippen LogP contribution in [0, 0.1) is 0 Å². The number of phenolic OH excluding ortho intramolecular Hbond substituents is 1. The van der Waals surface area contributed by atoms with Gasteiger partial charge in [-0.05, 0) is 12.1 Å². The van der Waals surface area contributed by atoms with E-state index in [4.69, 9.17) is 8.28 Å². The number of hydrogen-bond donors (Lipinski definition) is 1. The van der Waals surface area contributed by atoms with Crippen molar-refractivity contribution in [1.82, 2.24) is 0 Å². The molecule has 0 bridgehead atoms. The zero-order valence-corrected chi connectivity index (χ0v) is 3.41. The van der Waals surface area contributed by atoms with E-state index in [9.17, 15) is 0 Å². The first-order valence-corrected chi connectivity index (χ1v) is 1.70. The molecule has 0 atom stereocenters. The van der Waals surface area contributed by atoms with Gasteiger partial charge in [-0.3, -0.25) is 0 Å². The Kier molecular flexibility index (Phi) is 0.247. The van der Waals surface area contributed by atoms with Crippen molar-refractivity contribution in [1.29, 1.82) is 1.43 Å². The topological polar surface area (TPSA) is 20.2 Å². The molecule has 0 saturated carbocycles. The maximum absolute atomic E-state index is 7.22. The molecule has 0 aliphatic carbocycles. The molecule has 1 aromatic carbocycles. The van der Waals surface area contributed by atoms with Crippen LogP contribution in [0.1, 0.15) is 6.85 Å². The minimum absolute atomic E-state index is 0.453. The second-order valence-corrected chi connectivity index (χ2v) is 0.954. The summed E-state index contributed by atoms with van der Waals surface area (Å²) in [6.45, 7) is 0. The Morgan fingerprint density at radius 1 is 1.43 bits per heavy atom. The lowest BCUT2D eigenvalue weighted by Gasteiger charge is -1.82. The molecule has 0 radical (unpaired) electrons. The third-order valence-electron chi connectivity index (χ3n) is 0.477. The Bertz CT molecular complexity index is 320. The highest BCUT2D eigenvalue weighted by molar-refractivity contribution is 5.18. The Balaban J connectivity index is 3.56. The number of para-hydroxylation sites is 1. The van der Waals surface area contributed by atoms with Crippen molar-refractivity contribution in [3.8, 4) is 5.75 Å². The third kappa shape index (κ3) is 0.929. The van der Waals surface area contributed by atoms with E-state index in [-0.39, 0.29) is 0 Å². The first-order valence-electron chi connectivity index (χ1n) is 4.61. The van der Waals surface area contributed by atoms with E-state index in [1.807, 2.05) is 0 Å². The molecule has 1 N–H and O–H groups in total. The highest BCUT2D eigenvalue weighted by Crippen LogP contribution is 2.02. The molecule has 0 unspecified atom stereocenters. The molecule has 0 fully saturated rings. The summed E-state index contributed by atoms with van der Waals surface area (Å²) in [5.74, 6) is -0.453. The average Bonchev–Trinajstić information content (AvgIpc) is 2.13. The molecule has 0 aromatic heterocycles. The molecule has 36 valence electrons. The van der Waals surface area contributed by atoms with Gasteiger partial charge in [0.05, 0.1) is 6.85 Å². The van der Waals surface area contributed by atoms with E-state index in [0.29, 0.717) is 0 Å². The fourth-order valence-corrected chi connectivity index (χ4v) is 0.239. The van der Waals surface area contributed by atoms with Crippen LogP contribution in [-0.2, 0) is 0 Å². The van der Waals surface area contributed by atoms with Crippen LogP contribution in [0.2, 0.25) is 0 Å². The van der Waals surface area contributed by atoms with E-state index in [1.54, 1.807) is 0 Å². The van der Waals surface area contributed by atoms with Gasteiger partial charge in [0.1, 0.15) is 5.75 Å². The summed E-state index contributed by atoms with van der Waals surface area (Å²) in [6.07, 6.45) is 0. The number of hydrogen-bond acceptors (Lipinski definition) is 1. The van der Waals surface area contributed by atoms with Crippen molar-refractivity contribution < 1.29 is 12.0 Å². The summed E-state index contributed by atoms with van der Waals surface area (Å²) in [5, 5.41) is 3.94. The van der Waals surface area contributed by atoms with Crippen molar-refractivity contribution in [3.63, 3.8) is 0 Å². The molecule has 7 heavy (non-hydrogen) atoms. The molecular weight excluding hydrogens is 88.1 g/mol. The van der Waals surface area contributed by atoms with E-state index in [2.05, 4.69) is 5.11 Å². The molecule has 0 amide bonds. The van der Waals surface area contributed by atoms with Crippen LogP contribution < -0.4 is 0 Å². The molecule has 0 saturated heterocycles. The predicted octanol–water partition coefficient (Wildman–Crippen LogP) is 1.39. The van der Waals surface area contributed by atoms with Gasteiger partial charge in [0.2, 0.25) is 0 Å². The fourth-order valence-electron chi connectivity index (χ4n) is 0.239. The van der Waals surface area contributed by atoms with Crippen LogP contribution in [0.3, 0.4) is 0 Å². The normalized spacial score (nSPS) is 20.0. The molecule has 0 heterocycles. The van der Waals surface area contributed by atoms with Gasteiger partial charge >= 0.3 is 0 Å². The third-order valence-corrected chi connectivity index (χ3v) is 0.477. The first kappa shape index (κ1) is 1.05. The second-order valence-electron chi connectivity index (χ2n) is 0.954. The minimum Gasteiger partial charge on any atom is -0.508 e. The van der Waals surface area contributed by atoms with E-state index >= 15 is 0 Å². The maximum atomic E-state index is 7.22. The summed E-state index contributed by atoms with van der Waals surface area (Å²) < 4.78 is 42.5. The predicted molar refractivity (Wildman–Crippen MR) is 28.1 cm³/mol. The lowest BCUT2D eigenvalue weighted by atomic mass is 10.3. The van der Waals surface area contributed by atoms with Crippen molar-refractivity contribution >= 4 is 0 Å². The van der Waals surface area contributed by atoms with Gasteiger partial charge in [-0.15, -0.1) is 0 Å². The van der Waals surface area contributed by atoms with Gasteiger partial charge in [-0.2, -0.15) is 0 Å². The number of phenols is 1. The zero-order chi connectivity index (χ0) is 10.2. The van der Waals surface area contributed by atoms with Crippen LogP contribution in [0.15, 0.2) is 30.2 Å². The zero-order valence-electron chi connectivity index (χ0n) is 9.41. The Morgan fingerprint density at radius 3 is 2.71 bits per heavy atom. The van der Waals surface area contributed by atoms with Crippen LogP contribution in [0.4, 0.5) is 0 Å². The van der Waals surface area contributed by atoms with Gasteiger partial charge in [0.25, 0.3) is 1.43 Å². The van der Waals surface area contributed by atoms with E-state index in [0.717, 1.165) is 0 Å². The number of benzene rings is 1. The molecule has 0 aliphatic rings. The highest BCUT2D eigenvalue weighted by atomic mass is 16.3. The summed E-state index contributed by atoms with van der Waals surface area (Å²) in [6, 6.07) is -2.48. The fraction of sp³-hybridized carbons (Fsp3) is 0. The minimum atomic E-state index is -0.499. The van der Waals surface area contributed by atoms with Crippen LogP contribution in [0.25, 0.3) is 0 Å². The Labute approximate surface area is 50.7 Å². The largest absolute Gasteiger partial charge is 0.508 e. The van der Waals surface area contributed by atoms with Crippen LogP contribution in [-0.4, -0.2) is 6.54 Å². The summed E-state index contributed by atoms with van der Waals surface area (Å²) in [7, 11) is 0. The lowest BCUT2D eigenvalue weighted by Crippen LogP contribution is -1.56. The van der Waals surface area contributed by atoms with Gasteiger partial charge in [0, 0.05) is 0 Å². The van der Waals surface area contributed by atoms with Gasteiger partial charge in [-0.1, -0.05) is 18.1 Å². The summed E-state index contributed by atoms with van der Waals surface area (Å²) in [4.78, 5) is 0. The first-order chi connectivity index (χ1) is 6.00. The van der Waals surface area contributed by atoms with Crippen LogP contribution in [0.5, 0.6) is 5.75 Å². The van der Waals surface area contributed by atoms with Gasteiger partial charge in [-0.25, -0.2) is 0 Å². The van der Waals surface area contributed by atoms with Crippen molar-refractivity contribution in [2.24, 2.45) is 0 Å².